The molecule has 0 spiro atoms. The van der Waals surface area contributed by atoms with Crippen molar-refractivity contribution in [2.45, 2.75) is 13.0 Å². The number of hydrogen-bond donors (Lipinski definition) is 0. The second-order valence-electron chi connectivity index (χ2n) is 6.39. The number of rotatable bonds is 3. The van der Waals surface area contributed by atoms with Gasteiger partial charge in [-0.2, -0.15) is 0 Å². The third kappa shape index (κ3) is 3.12. The Kier molecular flexibility index (Phi) is 4.79. The standard InChI is InChI=1S/C22H18N2O3S/c1-14-18(21(26)27-2)19(16-11-7-4-8-12-16)24-20(25)17(28-22(24)23-14)13-15-9-5-3-6-10-15/h3-13,19H,1-2H3/b17-13+/t19-/m1/s1. The molecule has 2 heterocycles. The van der Waals surface area contributed by atoms with Crippen LogP contribution in [-0.2, 0) is 9.53 Å². The number of esters is 1. The normalized spacial score (nSPS) is 16.5. The quantitative estimate of drug-likeness (QED) is 0.646. The van der Waals surface area contributed by atoms with Crippen LogP contribution < -0.4 is 14.9 Å². The van der Waals surface area contributed by atoms with E-state index in [1.165, 1.54) is 18.4 Å². The molecule has 1 aliphatic rings. The van der Waals surface area contributed by atoms with Crippen molar-refractivity contribution in [3.63, 3.8) is 0 Å². The van der Waals surface area contributed by atoms with Gasteiger partial charge in [-0.3, -0.25) is 9.36 Å². The van der Waals surface area contributed by atoms with E-state index in [1.54, 1.807) is 11.5 Å². The summed E-state index contributed by atoms with van der Waals surface area (Å²) in [7, 11) is 1.34. The molecule has 4 rings (SSSR count). The Labute approximate surface area is 165 Å². The molecule has 1 atom stereocenters. The molecule has 0 N–H and O–H groups in total. The second-order valence-corrected chi connectivity index (χ2v) is 7.40. The lowest BCUT2D eigenvalue weighted by atomic mass is 9.96. The first-order valence-electron chi connectivity index (χ1n) is 8.81. The van der Waals surface area contributed by atoms with Crippen LogP contribution in [0.15, 0.2) is 81.7 Å². The van der Waals surface area contributed by atoms with Gasteiger partial charge in [-0.25, -0.2) is 9.79 Å². The zero-order valence-corrected chi connectivity index (χ0v) is 16.3. The van der Waals surface area contributed by atoms with Gasteiger partial charge in [-0.15, -0.1) is 0 Å². The predicted molar refractivity (Wildman–Crippen MR) is 109 cm³/mol. The van der Waals surface area contributed by atoms with Crippen LogP contribution in [0.5, 0.6) is 0 Å². The first-order valence-corrected chi connectivity index (χ1v) is 9.62. The Hall–Kier alpha value is -3.25. The lowest BCUT2D eigenvalue weighted by Crippen LogP contribution is -2.39. The van der Waals surface area contributed by atoms with Crippen LogP contribution in [0, 0.1) is 0 Å². The maximum absolute atomic E-state index is 13.3. The van der Waals surface area contributed by atoms with Gasteiger partial charge < -0.3 is 4.74 Å². The minimum atomic E-state index is -0.567. The van der Waals surface area contributed by atoms with E-state index in [2.05, 4.69) is 4.99 Å². The fourth-order valence-corrected chi connectivity index (χ4v) is 4.39. The number of aromatic nitrogens is 1. The molecule has 0 saturated heterocycles. The molecular weight excluding hydrogens is 372 g/mol. The molecule has 2 aromatic carbocycles. The van der Waals surface area contributed by atoms with Crippen molar-refractivity contribution in [1.82, 2.24) is 4.57 Å². The number of benzene rings is 2. The number of fused-ring (bicyclic) bond motifs is 1. The number of methoxy groups -OCH3 is 1. The lowest BCUT2D eigenvalue weighted by molar-refractivity contribution is -0.136. The van der Waals surface area contributed by atoms with Crippen molar-refractivity contribution in [3.8, 4) is 0 Å². The highest BCUT2D eigenvalue weighted by atomic mass is 32.1. The Morgan fingerprint density at radius 3 is 2.39 bits per heavy atom. The van der Waals surface area contributed by atoms with Gasteiger partial charge >= 0.3 is 5.97 Å². The van der Waals surface area contributed by atoms with E-state index in [0.717, 1.165) is 11.1 Å². The molecule has 1 aromatic heterocycles. The number of carbonyl (C=O) groups is 1. The molecule has 3 aromatic rings. The lowest BCUT2D eigenvalue weighted by Gasteiger charge is -2.24. The summed E-state index contributed by atoms with van der Waals surface area (Å²) in [5.74, 6) is -0.479. The molecule has 0 amide bonds. The average molecular weight is 390 g/mol. The molecule has 6 heteroatoms. The van der Waals surface area contributed by atoms with Gasteiger partial charge in [-0.05, 0) is 24.1 Å². The predicted octanol–water partition coefficient (Wildman–Crippen LogP) is 2.41. The number of thiazole rings is 1. The second kappa shape index (κ2) is 7.40. The maximum atomic E-state index is 13.3. The minimum absolute atomic E-state index is 0.171. The van der Waals surface area contributed by atoms with E-state index >= 15 is 0 Å². The third-order valence-corrected chi connectivity index (χ3v) is 5.62. The highest BCUT2D eigenvalue weighted by Gasteiger charge is 2.32. The number of carbonyl (C=O) groups excluding carboxylic acids is 1. The van der Waals surface area contributed by atoms with Gasteiger partial charge in [0.05, 0.1) is 29.0 Å². The van der Waals surface area contributed by atoms with Gasteiger partial charge in [0.1, 0.15) is 0 Å². The third-order valence-electron chi connectivity index (χ3n) is 4.64. The minimum Gasteiger partial charge on any atom is -0.466 e. The molecule has 5 nitrogen and oxygen atoms in total. The first kappa shape index (κ1) is 18.1. The van der Waals surface area contributed by atoms with Crippen LogP contribution in [-0.4, -0.2) is 17.6 Å². The number of allylic oxidation sites excluding steroid dienone is 1. The Bertz CT molecular complexity index is 1240. The molecule has 0 aliphatic carbocycles. The highest BCUT2D eigenvalue weighted by Crippen LogP contribution is 2.30. The van der Waals surface area contributed by atoms with Crippen LogP contribution in [0.2, 0.25) is 0 Å². The summed E-state index contributed by atoms with van der Waals surface area (Å²) in [6.07, 6.45) is 1.85. The van der Waals surface area contributed by atoms with Crippen LogP contribution in [0.25, 0.3) is 6.08 Å². The summed E-state index contributed by atoms with van der Waals surface area (Å²) in [6, 6.07) is 18.6. The molecule has 0 unspecified atom stereocenters. The monoisotopic (exact) mass is 390 g/mol. The fraction of sp³-hybridized carbons (Fsp3) is 0.136. The highest BCUT2D eigenvalue weighted by molar-refractivity contribution is 7.07. The van der Waals surface area contributed by atoms with Crippen molar-refractivity contribution >= 4 is 23.4 Å². The summed E-state index contributed by atoms with van der Waals surface area (Å²) in [5, 5.41) is 0. The molecule has 28 heavy (non-hydrogen) atoms. The molecule has 0 fully saturated rings. The van der Waals surface area contributed by atoms with Gasteiger partial charge in [0, 0.05) is 0 Å². The molecule has 0 saturated carbocycles. The van der Waals surface area contributed by atoms with Crippen molar-refractivity contribution in [2.75, 3.05) is 7.11 Å². The number of ether oxygens (including phenoxy) is 1. The Balaban J connectivity index is 1.99. The van der Waals surface area contributed by atoms with E-state index in [1.807, 2.05) is 66.7 Å². The van der Waals surface area contributed by atoms with Crippen molar-refractivity contribution < 1.29 is 9.53 Å². The summed E-state index contributed by atoms with van der Waals surface area (Å²) >= 11 is 1.32. The van der Waals surface area contributed by atoms with E-state index in [9.17, 15) is 9.59 Å². The summed E-state index contributed by atoms with van der Waals surface area (Å²) in [6.45, 7) is 1.77. The largest absolute Gasteiger partial charge is 0.466 e. The van der Waals surface area contributed by atoms with Gasteiger partial charge in [-0.1, -0.05) is 72.0 Å². The van der Waals surface area contributed by atoms with E-state index in [0.29, 0.717) is 20.6 Å². The summed E-state index contributed by atoms with van der Waals surface area (Å²) in [4.78, 5) is 30.9. The van der Waals surface area contributed by atoms with Crippen molar-refractivity contribution in [1.29, 1.82) is 0 Å². The topological polar surface area (TPSA) is 60.7 Å². The molecule has 0 radical (unpaired) electrons. The fourth-order valence-electron chi connectivity index (χ4n) is 3.34. The van der Waals surface area contributed by atoms with Crippen LogP contribution >= 0.6 is 11.3 Å². The van der Waals surface area contributed by atoms with E-state index < -0.39 is 12.0 Å². The van der Waals surface area contributed by atoms with Crippen molar-refractivity contribution in [2.24, 2.45) is 4.99 Å². The van der Waals surface area contributed by atoms with E-state index in [-0.39, 0.29) is 5.56 Å². The van der Waals surface area contributed by atoms with Gasteiger partial charge in [0.15, 0.2) is 4.80 Å². The van der Waals surface area contributed by atoms with Crippen LogP contribution in [0.1, 0.15) is 24.1 Å². The molecule has 0 bridgehead atoms. The summed E-state index contributed by atoms with van der Waals surface area (Å²) in [5.41, 5.74) is 2.55. The average Bonchev–Trinajstić information content (AvgIpc) is 3.02. The number of nitrogens with zero attached hydrogens (tertiary/aromatic N) is 2. The van der Waals surface area contributed by atoms with E-state index in [4.69, 9.17) is 4.74 Å². The SMILES string of the molecule is COC(=O)C1=C(C)N=c2s/c(=C/c3ccccc3)c(=O)n2[C@@H]1c1ccccc1. The Morgan fingerprint density at radius 1 is 1.11 bits per heavy atom. The smallest absolute Gasteiger partial charge is 0.338 e. The maximum Gasteiger partial charge on any atom is 0.338 e. The van der Waals surface area contributed by atoms with Gasteiger partial charge in [0.25, 0.3) is 5.56 Å². The van der Waals surface area contributed by atoms with Crippen LogP contribution in [0.3, 0.4) is 0 Å². The first-order chi connectivity index (χ1) is 13.6. The number of hydrogen-bond acceptors (Lipinski definition) is 5. The summed E-state index contributed by atoms with van der Waals surface area (Å²) < 4.78 is 7.16. The Morgan fingerprint density at radius 2 is 1.75 bits per heavy atom. The van der Waals surface area contributed by atoms with Crippen molar-refractivity contribution in [3.05, 3.63) is 103 Å². The van der Waals surface area contributed by atoms with Gasteiger partial charge in [0.2, 0.25) is 0 Å². The molecular formula is C22H18N2O3S. The zero-order valence-electron chi connectivity index (χ0n) is 15.5. The molecule has 140 valence electrons. The van der Waals surface area contributed by atoms with Crippen LogP contribution in [0.4, 0.5) is 0 Å². The zero-order chi connectivity index (χ0) is 19.7. The molecule has 1 aliphatic heterocycles.